The molecule has 0 bridgehead atoms. The summed E-state index contributed by atoms with van der Waals surface area (Å²) >= 11 is 0. The summed E-state index contributed by atoms with van der Waals surface area (Å²) in [7, 11) is 0. The van der Waals surface area contributed by atoms with Crippen LogP contribution in [0.25, 0.3) is 0 Å². The third-order valence-corrected chi connectivity index (χ3v) is 5.37. The van der Waals surface area contributed by atoms with Crippen LogP contribution < -0.4 is 0 Å². The number of allylic oxidation sites excluding steroid dienone is 1. The van der Waals surface area contributed by atoms with Crippen LogP contribution in [0.2, 0.25) is 0 Å². The molecular formula is C20H36O2. The minimum atomic E-state index is 0.0376. The van der Waals surface area contributed by atoms with Crippen molar-refractivity contribution in [2.24, 2.45) is 11.8 Å². The molecule has 4 atom stereocenters. The second-order valence-electron chi connectivity index (χ2n) is 7.11. The molecule has 1 saturated carbocycles. The van der Waals surface area contributed by atoms with Crippen molar-refractivity contribution in [2.45, 2.75) is 96.9 Å². The van der Waals surface area contributed by atoms with Gasteiger partial charge in [-0.3, -0.25) is 0 Å². The molecule has 128 valence electrons. The maximum atomic E-state index is 6.26. The van der Waals surface area contributed by atoms with E-state index in [0.717, 1.165) is 31.3 Å². The largest absolute Gasteiger partial charge is 0.353 e. The monoisotopic (exact) mass is 308 g/mol. The van der Waals surface area contributed by atoms with Gasteiger partial charge in [0.25, 0.3) is 0 Å². The van der Waals surface area contributed by atoms with Crippen molar-refractivity contribution in [3.63, 3.8) is 0 Å². The van der Waals surface area contributed by atoms with Crippen molar-refractivity contribution in [3.05, 3.63) is 12.2 Å². The number of rotatable bonds is 9. The van der Waals surface area contributed by atoms with E-state index >= 15 is 0 Å². The lowest BCUT2D eigenvalue weighted by Crippen LogP contribution is -2.27. The summed E-state index contributed by atoms with van der Waals surface area (Å²) in [6.45, 7) is 5.47. The molecule has 0 N–H and O–H groups in total. The zero-order valence-electron chi connectivity index (χ0n) is 14.8. The van der Waals surface area contributed by atoms with E-state index in [-0.39, 0.29) is 12.4 Å². The van der Waals surface area contributed by atoms with Gasteiger partial charge in [-0.25, -0.2) is 0 Å². The highest BCUT2D eigenvalue weighted by molar-refractivity contribution is 4.98. The highest BCUT2D eigenvalue weighted by atomic mass is 16.7. The second-order valence-corrected chi connectivity index (χ2v) is 7.11. The molecule has 2 heteroatoms. The van der Waals surface area contributed by atoms with E-state index in [9.17, 15) is 0 Å². The molecular weight excluding hydrogens is 272 g/mol. The third-order valence-electron chi connectivity index (χ3n) is 5.37. The van der Waals surface area contributed by atoms with Crippen molar-refractivity contribution >= 4 is 0 Å². The van der Waals surface area contributed by atoms with E-state index < -0.39 is 0 Å². The summed E-state index contributed by atoms with van der Waals surface area (Å²) in [4.78, 5) is 0. The van der Waals surface area contributed by atoms with Gasteiger partial charge in [0.15, 0.2) is 6.29 Å². The maximum Gasteiger partial charge on any atom is 0.158 e. The summed E-state index contributed by atoms with van der Waals surface area (Å²) in [5.74, 6) is 1.69. The van der Waals surface area contributed by atoms with Gasteiger partial charge >= 0.3 is 0 Å². The summed E-state index contributed by atoms with van der Waals surface area (Å²) in [5, 5.41) is 0. The molecule has 0 radical (unpaired) electrons. The first-order chi connectivity index (χ1) is 10.8. The van der Waals surface area contributed by atoms with Gasteiger partial charge in [0.2, 0.25) is 0 Å². The van der Waals surface area contributed by atoms with Crippen LogP contribution in [0.15, 0.2) is 12.2 Å². The lowest BCUT2D eigenvalue weighted by atomic mass is 9.92. The van der Waals surface area contributed by atoms with Gasteiger partial charge in [-0.2, -0.15) is 0 Å². The van der Waals surface area contributed by atoms with E-state index in [1.807, 2.05) is 0 Å². The Morgan fingerprint density at radius 3 is 2.73 bits per heavy atom. The van der Waals surface area contributed by atoms with Crippen molar-refractivity contribution in [2.75, 3.05) is 6.61 Å². The Balaban J connectivity index is 1.84. The number of ether oxygens (including phenoxy) is 2. The maximum absolute atomic E-state index is 6.26. The summed E-state index contributed by atoms with van der Waals surface area (Å²) in [6.07, 6.45) is 19.1. The third kappa shape index (κ3) is 6.04. The van der Waals surface area contributed by atoms with Gasteiger partial charge in [0, 0.05) is 6.61 Å². The van der Waals surface area contributed by atoms with Gasteiger partial charge in [-0.1, -0.05) is 58.1 Å². The summed E-state index contributed by atoms with van der Waals surface area (Å²) < 4.78 is 12.0. The molecule has 2 fully saturated rings. The average molecular weight is 309 g/mol. The smallest absolute Gasteiger partial charge is 0.158 e. The molecule has 0 aromatic carbocycles. The Bertz CT molecular complexity index is 307. The van der Waals surface area contributed by atoms with E-state index in [0.29, 0.717) is 0 Å². The molecule has 2 unspecified atom stereocenters. The summed E-state index contributed by atoms with van der Waals surface area (Å²) in [6, 6.07) is 0. The van der Waals surface area contributed by atoms with Crippen molar-refractivity contribution in [1.29, 1.82) is 0 Å². The zero-order chi connectivity index (χ0) is 15.6. The van der Waals surface area contributed by atoms with E-state index in [2.05, 4.69) is 26.0 Å². The molecule has 2 rings (SSSR count). The van der Waals surface area contributed by atoms with Crippen molar-refractivity contribution < 1.29 is 9.47 Å². The van der Waals surface area contributed by atoms with Gasteiger partial charge in [0.1, 0.15) is 0 Å². The van der Waals surface area contributed by atoms with Crippen LogP contribution in [0.5, 0.6) is 0 Å². The fraction of sp³-hybridized carbons (Fsp3) is 0.900. The lowest BCUT2D eigenvalue weighted by Gasteiger charge is -2.27. The zero-order valence-corrected chi connectivity index (χ0v) is 14.8. The predicted octanol–water partition coefficient (Wildman–Crippen LogP) is 5.86. The molecule has 0 amide bonds. The van der Waals surface area contributed by atoms with Crippen LogP contribution in [0, 0.1) is 11.8 Å². The number of hydrogen-bond acceptors (Lipinski definition) is 2. The van der Waals surface area contributed by atoms with Gasteiger partial charge < -0.3 is 9.47 Å². The quantitative estimate of drug-likeness (QED) is 0.392. The molecule has 0 spiro atoms. The van der Waals surface area contributed by atoms with E-state index in [1.165, 1.54) is 57.8 Å². The van der Waals surface area contributed by atoms with Gasteiger partial charge in [-0.15, -0.1) is 0 Å². The van der Waals surface area contributed by atoms with Crippen LogP contribution in [0.4, 0.5) is 0 Å². The van der Waals surface area contributed by atoms with Crippen LogP contribution in [0.3, 0.4) is 0 Å². The topological polar surface area (TPSA) is 18.5 Å². The minimum Gasteiger partial charge on any atom is -0.353 e. The fourth-order valence-corrected chi connectivity index (χ4v) is 3.91. The first-order valence-corrected chi connectivity index (χ1v) is 9.78. The van der Waals surface area contributed by atoms with Crippen LogP contribution in [-0.2, 0) is 9.47 Å². The number of unbranched alkanes of at least 4 members (excludes halogenated alkanes) is 2. The molecule has 2 aliphatic rings. The SMILES string of the molecule is CCCCCC(/C=C/[C@H]1CCC[C@@H]1CC)OC1CCCCO1. The average Bonchev–Trinajstić information content (AvgIpc) is 3.01. The molecule has 1 aliphatic carbocycles. The van der Waals surface area contributed by atoms with Crippen LogP contribution >= 0.6 is 0 Å². The molecule has 22 heavy (non-hydrogen) atoms. The first-order valence-electron chi connectivity index (χ1n) is 9.78. The fourth-order valence-electron chi connectivity index (χ4n) is 3.91. The number of hydrogen-bond donors (Lipinski definition) is 0. The van der Waals surface area contributed by atoms with Gasteiger partial charge in [-0.05, 0) is 50.4 Å². The molecule has 1 saturated heterocycles. The van der Waals surface area contributed by atoms with Crippen molar-refractivity contribution in [1.82, 2.24) is 0 Å². The first kappa shape index (κ1) is 18.0. The molecule has 0 aromatic heterocycles. The van der Waals surface area contributed by atoms with Crippen molar-refractivity contribution in [3.8, 4) is 0 Å². The Morgan fingerprint density at radius 1 is 1.09 bits per heavy atom. The lowest BCUT2D eigenvalue weighted by molar-refractivity contribution is -0.179. The van der Waals surface area contributed by atoms with Crippen LogP contribution in [-0.4, -0.2) is 19.0 Å². The molecule has 1 aliphatic heterocycles. The second kappa shape index (κ2) is 10.4. The molecule has 0 aromatic rings. The normalized spacial score (nSPS) is 30.9. The van der Waals surface area contributed by atoms with E-state index in [1.54, 1.807) is 0 Å². The highest BCUT2D eigenvalue weighted by Crippen LogP contribution is 2.35. The Morgan fingerprint density at radius 2 is 2.00 bits per heavy atom. The molecule has 1 heterocycles. The Hall–Kier alpha value is -0.340. The van der Waals surface area contributed by atoms with E-state index in [4.69, 9.17) is 9.47 Å². The highest BCUT2D eigenvalue weighted by Gasteiger charge is 2.24. The molecule has 2 nitrogen and oxygen atoms in total. The standard InChI is InChI=1S/C20H36O2/c1-3-5-6-12-19(22-20-13-7-8-16-21-20)15-14-18-11-9-10-17(18)4-2/h14-15,17-20H,3-13,16H2,1-2H3/b15-14+/t17-,18+,19?,20?/m0/s1. The summed E-state index contributed by atoms with van der Waals surface area (Å²) in [5.41, 5.74) is 0. The Kier molecular flexibility index (Phi) is 8.54. The predicted molar refractivity (Wildman–Crippen MR) is 92.9 cm³/mol. The minimum absolute atomic E-state index is 0.0376. The van der Waals surface area contributed by atoms with Gasteiger partial charge in [0.05, 0.1) is 6.10 Å². The Labute approximate surface area is 137 Å². The van der Waals surface area contributed by atoms with Crippen LogP contribution in [0.1, 0.15) is 84.5 Å².